The maximum absolute atomic E-state index is 11.2. The van der Waals surface area contributed by atoms with Crippen LogP contribution in [-0.2, 0) is 20.1 Å². The molecule has 16 heavy (non-hydrogen) atoms. The van der Waals surface area contributed by atoms with Crippen LogP contribution in [-0.4, -0.2) is 34.7 Å². The Morgan fingerprint density at radius 1 is 1.06 bits per heavy atom. The van der Waals surface area contributed by atoms with Gasteiger partial charge in [-0.1, -0.05) is 0 Å². The number of sulfonamides is 1. The van der Waals surface area contributed by atoms with Crippen LogP contribution < -0.4 is 4.31 Å². The van der Waals surface area contributed by atoms with E-state index in [1.54, 1.807) is 0 Å². The molecule has 1 rings (SSSR count). The molecule has 1 aromatic rings. The highest BCUT2D eigenvalue weighted by Crippen LogP contribution is 2.18. The smallest absolute Gasteiger partial charge is 0.282 e. The fourth-order valence-corrected chi connectivity index (χ4v) is 2.00. The Morgan fingerprint density at radius 3 is 1.81 bits per heavy atom. The van der Waals surface area contributed by atoms with E-state index in [2.05, 4.69) is 0 Å². The van der Waals surface area contributed by atoms with Crippen molar-refractivity contribution >= 4 is 25.8 Å². The highest BCUT2D eigenvalue weighted by molar-refractivity contribution is 7.92. The molecule has 0 atom stereocenters. The van der Waals surface area contributed by atoms with Gasteiger partial charge in [-0.3, -0.25) is 8.86 Å². The minimum Gasteiger partial charge on any atom is -0.282 e. The van der Waals surface area contributed by atoms with Crippen molar-refractivity contribution in [1.82, 2.24) is 0 Å². The highest BCUT2D eigenvalue weighted by Gasteiger charge is 2.14. The Balaban J connectivity index is 3.15. The summed E-state index contributed by atoms with van der Waals surface area (Å²) in [6.45, 7) is 0. The second kappa shape index (κ2) is 4.04. The largest absolute Gasteiger partial charge is 0.294 e. The van der Waals surface area contributed by atoms with Crippen molar-refractivity contribution in [2.45, 2.75) is 4.90 Å². The van der Waals surface area contributed by atoms with Gasteiger partial charge in [0.2, 0.25) is 10.0 Å². The molecule has 0 aliphatic rings. The van der Waals surface area contributed by atoms with E-state index in [1.807, 2.05) is 0 Å². The number of hydrogen-bond donors (Lipinski definition) is 1. The second-order valence-electron chi connectivity index (χ2n) is 3.20. The molecule has 0 unspecified atom stereocenters. The van der Waals surface area contributed by atoms with Crippen molar-refractivity contribution in [1.29, 1.82) is 0 Å². The highest BCUT2D eigenvalue weighted by atomic mass is 32.2. The molecule has 0 amide bonds. The third kappa shape index (κ3) is 2.94. The first-order valence-corrected chi connectivity index (χ1v) is 7.42. The van der Waals surface area contributed by atoms with Crippen LogP contribution in [0.1, 0.15) is 0 Å². The van der Waals surface area contributed by atoms with Gasteiger partial charge >= 0.3 is 0 Å². The lowest BCUT2D eigenvalue weighted by atomic mass is 10.3. The maximum Gasteiger partial charge on any atom is 0.294 e. The zero-order valence-corrected chi connectivity index (χ0v) is 10.3. The van der Waals surface area contributed by atoms with Gasteiger partial charge in [0.1, 0.15) is 0 Å². The molecule has 1 N–H and O–H groups in total. The van der Waals surface area contributed by atoms with Crippen LogP contribution in [0.25, 0.3) is 0 Å². The maximum atomic E-state index is 11.2. The zero-order valence-electron chi connectivity index (χ0n) is 8.65. The first-order chi connectivity index (χ1) is 7.12. The van der Waals surface area contributed by atoms with Crippen LogP contribution in [0.4, 0.5) is 5.69 Å². The van der Waals surface area contributed by atoms with E-state index in [1.165, 1.54) is 19.2 Å². The summed E-state index contributed by atoms with van der Waals surface area (Å²) >= 11 is 0. The molecule has 8 heteroatoms. The molecule has 0 fully saturated rings. The van der Waals surface area contributed by atoms with Gasteiger partial charge in [0.25, 0.3) is 10.1 Å². The van der Waals surface area contributed by atoms with Gasteiger partial charge in [-0.15, -0.1) is 0 Å². The summed E-state index contributed by atoms with van der Waals surface area (Å²) in [5.41, 5.74) is 0.315. The van der Waals surface area contributed by atoms with E-state index in [4.69, 9.17) is 4.55 Å². The minimum absolute atomic E-state index is 0.279. The molecule has 0 heterocycles. The van der Waals surface area contributed by atoms with Crippen molar-refractivity contribution in [3.05, 3.63) is 24.3 Å². The number of benzene rings is 1. The Kier molecular flexibility index (Phi) is 3.27. The fourth-order valence-electron chi connectivity index (χ4n) is 1.02. The van der Waals surface area contributed by atoms with Gasteiger partial charge in [-0.25, -0.2) is 8.42 Å². The van der Waals surface area contributed by atoms with Gasteiger partial charge in [0.05, 0.1) is 16.8 Å². The third-order valence-corrected chi connectivity index (χ3v) is 4.07. The van der Waals surface area contributed by atoms with Crippen LogP contribution >= 0.6 is 0 Å². The van der Waals surface area contributed by atoms with Crippen LogP contribution in [0.3, 0.4) is 0 Å². The third-order valence-electron chi connectivity index (χ3n) is 2.00. The molecule has 0 aliphatic heterocycles. The average Bonchev–Trinajstić information content (AvgIpc) is 2.14. The van der Waals surface area contributed by atoms with Crippen molar-refractivity contribution in [2.24, 2.45) is 0 Å². The van der Waals surface area contributed by atoms with Crippen LogP contribution in [0.5, 0.6) is 0 Å². The molecule has 0 radical (unpaired) electrons. The predicted octanol–water partition coefficient (Wildman–Crippen LogP) is 0.329. The minimum atomic E-state index is -4.25. The van der Waals surface area contributed by atoms with E-state index >= 15 is 0 Å². The lowest BCUT2D eigenvalue weighted by Crippen LogP contribution is -2.24. The topological polar surface area (TPSA) is 91.8 Å². The lowest BCUT2D eigenvalue weighted by Gasteiger charge is -2.16. The molecule has 90 valence electrons. The summed E-state index contributed by atoms with van der Waals surface area (Å²) in [6.07, 6.45) is 1.03. The lowest BCUT2D eigenvalue weighted by molar-refractivity contribution is 0.483. The molecule has 0 aliphatic carbocycles. The summed E-state index contributed by atoms with van der Waals surface area (Å²) in [5.74, 6) is 0. The fraction of sp³-hybridized carbons (Fsp3) is 0.250. The van der Waals surface area contributed by atoms with Crippen LogP contribution in [0, 0.1) is 0 Å². The Labute approximate surface area is 94.3 Å². The second-order valence-corrected chi connectivity index (χ2v) is 6.63. The molecule has 0 bridgehead atoms. The van der Waals surface area contributed by atoms with Crippen molar-refractivity contribution in [3.63, 3.8) is 0 Å². The van der Waals surface area contributed by atoms with Crippen molar-refractivity contribution < 1.29 is 21.4 Å². The zero-order chi connectivity index (χ0) is 12.6. The van der Waals surface area contributed by atoms with Gasteiger partial charge < -0.3 is 0 Å². The standard InChI is InChI=1S/C8H11NO5S2/c1-9(15(2,10)11)7-3-5-8(6-4-7)16(12,13)14/h3-6H,1-2H3,(H,12,13,14). The van der Waals surface area contributed by atoms with Gasteiger partial charge in [0, 0.05) is 7.05 Å². The van der Waals surface area contributed by atoms with Crippen LogP contribution in [0.2, 0.25) is 0 Å². The molecule has 0 spiro atoms. The molecule has 0 saturated carbocycles. The average molecular weight is 265 g/mol. The first kappa shape index (κ1) is 12.9. The summed E-state index contributed by atoms with van der Waals surface area (Å²) in [6, 6.07) is 4.85. The van der Waals surface area contributed by atoms with E-state index < -0.39 is 20.1 Å². The summed E-state index contributed by atoms with van der Waals surface area (Å²) < 4.78 is 53.5. The molecular weight excluding hydrogens is 254 g/mol. The molecule has 0 aromatic heterocycles. The Bertz CT molecular complexity index is 573. The number of hydrogen-bond acceptors (Lipinski definition) is 4. The predicted molar refractivity (Wildman–Crippen MR) is 59.5 cm³/mol. The van der Waals surface area contributed by atoms with E-state index in [-0.39, 0.29) is 4.90 Å². The molecule has 1 aromatic carbocycles. The van der Waals surface area contributed by atoms with Crippen LogP contribution in [0.15, 0.2) is 29.2 Å². The van der Waals surface area contributed by atoms with Crippen molar-refractivity contribution in [3.8, 4) is 0 Å². The molecular formula is C8H11NO5S2. The Hall–Kier alpha value is -1.12. The molecule has 0 saturated heterocycles. The van der Waals surface area contributed by atoms with E-state index in [9.17, 15) is 16.8 Å². The van der Waals surface area contributed by atoms with Gasteiger partial charge in [-0.05, 0) is 24.3 Å². The van der Waals surface area contributed by atoms with Gasteiger partial charge in [-0.2, -0.15) is 8.42 Å². The first-order valence-electron chi connectivity index (χ1n) is 4.14. The monoisotopic (exact) mass is 265 g/mol. The number of rotatable bonds is 3. The van der Waals surface area contributed by atoms with E-state index in [0.717, 1.165) is 22.7 Å². The Morgan fingerprint density at radius 2 is 1.50 bits per heavy atom. The van der Waals surface area contributed by atoms with Crippen molar-refractivity contribution in [2.75, 3.05) is 17.6 Å². The van der Waals surface area contributed by atoms with Gasteiger partial charge in [0.15, 0.2) is 0 Å². The summed E-state index contributed by atoms with van der Waals surface area (Å²) in [5, 5.41) is 0. The number of anilines is 1. The normalized spacial score (nSPS) is 12.4. The number of nitrogens with zero attached hydrogens (tertiary/aromatic N) is 1. The summed E-state index contributed by atoms with van der Waals surface area (Å²) in [7, 11) is -6.29. The summed E-state index contributed by atoms with van der Waals surface area (Å²) in [4.78, 5) is -0.279. The quantitative estimate of drug-likeness (QED) is 0.795. The molecule has 6 nitrogen and oxygen atoms in total. The SMILES string of the molecule is CN(c1ccc(S(=O)(=O)O)cc1)S(C)(=O)=O. The van der Waals surface area contributed by atoms with E-state index in [0.29, 0.717) is 5.69 Å².